The van der Waals surface area contributed by atoms with E-state index in [2.05, 4.69) is 15.5 Å². The molecule has 12 heteroatoms. The first-order chi connectivity index (χ1) is 18.0. The van der Waals surface area contributed by atoms with Crippen LogP contribution < -0.4 is 10.1 Å². The monoisotopic (exact) mass is 573 g/mol. The first-order valence-electron chi connectivity index (χ1n) is 11.2. The normalized spacial score (nSPS) is 11.7. The van der Waals surface area contributed by atoms with Gasteiger partial charge >= 0.3 is 0 Å². The van der Waals surface area contributed by atoms with Crippen LogP contribution in [-0.2, 0) is 10.1 Å². The highest BCUT2D eigenvalue weighted by atomic mass is 35.5. The summed E-state index contributed by atoms with van der Waals surface area (Å²) >= 11 is 12.6. The van der Waals surface area contributed by atoms with Gasteiger partial charge in [0.25, 0.3) is 16.0 Å². The molecule has 9 nitrogen and oxygen atoms in total. The smallest absolute Gasteiger partial charge is 0.294 e. The fraction of sp³-hybridized carbons (Fsp3) is 0.115. The Bertz CT molecular complexity index is 1710. The van der Waals surface area contributed by atoms with Gasteiger partial charge in [-0.25, -0.2) is 0 Å². The topological polar surface area (TPSA) is 138 Å². The van der Waals surface area contributed by atoms with Crippen molar-refractivity contribution >= 4 is 67.1 Å². The SMILES string of the molecule is CCOc1cccc(NC(=O)c2cc3ccccc3c(N=Nc3ccc(S(=O)(=O)O)c(C)c3Cl)c2O)c1Cl. The van der Waals surface area contributed by atoms with Crippen LogP contribution in [0.2, 0.25) is 10.0 Å². The van der Waals surface area contributed by atoms with Crippen molar-refractivity contribution in [1.82, 2.24) is 0 Å². The molecule has 0 bridgehead atoms. The molecule has 3 N–H and O–H groups in total. The van der Waals surface area contributed by atoms with Gasteiger partial charge < -0.3 is 15.2 Å². The number of carbonyl (C=O) groups is 1. The Balaban J connectivity index is 1.77. The molecule has 0 fully saturated rings. The van der Waals surface area contributed by atoms with Crippen LogP contribution in [-0.4, -0.2) is 30.6 Å². The number of benzene rings is 4. The zero-order valence-corrected chi connectivity index (χ0v) is 22.4. The van der Waals surface area contributed by atoms with Gasteiger partial charge in [-0.2, -0.15) is 8.42 Å². The third-order valence-electron chi connectivity index (χ3n) is 5.60. The number of phenols is 1. The molecule has 0 heterocycles. The largest absolute Gasteiger partial charge is 0.505 e. The number of anilines is 1. The summed E-state index contributed by atoms with van der Waals surface area (Å²) in [6.45, 7) is 3.61. The summed E-state index contributed by atoms with van der Waals surface area (Å²) in [6.07, 6.45) is 0. The maximum Gasteiger partial charge on any atom is 0.294 e. The third-order valence-corrected chi connectivity index (χ3v) is 7.47. The molecule has 4 rings (SSSR count). The van der Waals surface area contributed by atoms with Gasteiger partial charge in [0.05, 0.1) is 27.8 Å². The van der Waals surface area contributed by atoms with Crippen LogP contribution in [0.1, 0.15) is 22.8 Å². The number of halogens is 2. The van der Waals surface area contributed by atoms with Gasteiger partial charge in [0, 0.05) is 5.39 Å². The number of carbonyl (C=O) groups excluding carboxylic acids is 1. The van der Waals surface area contributed by atoms with Gasteiger partial charge in [-0.3, -0.25) is 9.35 Å². The van der Waals surface area contributed by atoms with Crippen LogP contribution in [0.15, 0.2) is 75.8 Å². The van der Waals surface area contributed by atoms with E-state index < -0.39 is 21.8 Å². The van der Waals surface area contributed by atoms with Gasteiger partial charge in [-0.1, -0.05) is 53.5 Å². The highest BCUT2D eigenvalue weighted by Crippen LogP contribution is 2.41. The Morgan fingerprint density at radius 3 is 2.47 bits per heavy atom. The first kappa shape index (κ1) is 27.3. The van der Waals surface area contributed by atoms with Crippen LogP contribution in [0.25, 0.3) is 10.8 Å². The fourth-order valence-electron chi connectivity index (χ4n) is 3.77. The van der Waals surface area contributed by atoms with E-state index in [1.165, 1.54) is 19.1 Å². The predicted molar refractivity (Wildman–Crippen MR) is 146 cm³/mol. The molecule has 0 aliphatic rings. The lowest BCUT2D eigenvalue weighted by Gasteiger charge is -2.13. The van der Waals surface area contributed by atoms with E-state index in [0.717, 1.165) is 6.07 Å². The number of amides is 1. The molecule has 4 aromatic carbocycles. The quantitative estimate of drug-likeness (QED) is 0.155. The number of hydrogen-bond acceptors (Lipinski definition) is 7. The van der Waals surface area contributed by atoms with Crippen LogP contribution in [0.5, 0.6) is 11.5 Å². The second-order valence-corrected chi connectivity index (χ2v) is 10.2. The summed E-state index contributed by atoms with van der Waals surface area (Å²) in [5, 5.41) is 23.3. The second kappa shape index (κ2) is 11.0. The van der Waals surface area contributed by atoms with Crippen LogP contribution >= 0.6 is 23.2 Å². The van der Waals surface area contributed by atoms with Gasteiger partial charge in [0.2, 0.25) is 0 Å². The molecule has 0 aromatic heterocycles. The number of fused-ring (bicyclic) bond motifs is 1. The molecule has 0 saturated carbocycles. The van der Waals surface area contributed by atoms with Gasteiger partial charge in [-0.05, 0) is 55.1 Å². The number of nitrogens with one attached hydrogen (secondary N) is 1. The average Bonchev–Trinajstić information content (AvgIpc) is 2.87. The van der Waals surface area contributed by atoms with E-state index in [9.17, 15) is 22.9 Å². The van der Waals surface area contributed by atoms with Crippen LogP contribution in [0.3, 0.4) is 0 Å². The molecule has 0 saturated heterocycles. The highest BCUT2D eigenvalue weighted by molar-refractivity contribution is 7.85. The minimum atomic E-state index is -4.48. The maximum absolute atomic E-state index is 13.2. The molecular weight excluding hydrogens is 553 g/mol. The highest BCUT2D eigenvalue weighted by Gasteiger charge is 2.21. The molecule has 0 aliphatic heterocycles. The van der Waals surface area contributed by atoms with Crippen molar-refractivity contribution in [2.45, 2.75) is 18.7 Å². The van der Waals surface area contributed by atoms with Crippen molar-refractivity contribution in [1.29, 1.82) is 0 Å². The summed E-state index contributed by atoms with van der Waals surface area (Å²) in [5.41, 5.74) is 0.377. The van der Waals surface area contributed by atoms with Gasteiger partial charge in [0.1, 0.15) is 22.1 Å². The molecular formula is C26H21Cl2N3O6S. The maximum atomic E-state index is 13.2. The Hall–Kier alpha value is -3.70. The summed E-state index contributed by atoms with van der Waals surface area (Å²) < 4.78 is 37.9. The number of ether oxygens (including phenoxy) is 1. The molecule has 0 spiro atoms. The fourth-order valence-corrected chi connectivity index (χ4v) is 4.98. The Morgan fingerprint density at radius 2 is 1.76 bits per heavy atom. The summed E-state index contributed by atoms with van der Waals surface area (Å²) in [7, 11) is -4.48. The molecule has 0 aliphatic carbocycles. The molecule has 1 amide bonds. The molecule has 38 heavy (non-hydrogen) atoms. The number of nitrogens with zero attached hydrogens (tertiary/aromatic N) is 2. The standard InChI is InChI=1S/C26H21Cl2N3O6S/c1-3-37-20-10-6-9-18(23(20)28)29-26(33)17-13-15-7-4-5-8-16(15)24(25(17)32)31-30-19-11-12-21(38(34,35)36)14(2)22(19)27/h4-13,32H,3H2,1-2H3,(H,29,33)(H,34,35,36). The zero-order chi connectivity index (χ0) is 27.6. The number of rotatable bonds is 7. The molecule has 0 atom stereocenters. The van der Waals surface area contributed by atoms with Crippen molar-refractivity contribution in [2.75, 3.05) is 11.9 Å². The summed E-state index contributed by atoms with van der Waals surface area (Å²) in [6, 6.07) is 15.8. The average molecular weight is 574 g/mol. The molecule has 0 radical (unpaired) electrons. The number of azo groups is 1. The van der Waals surface area contributed by atoms with Crippen molar-refractivity contribution in [3.8, 4) is 11.5 Å². The molecule has 0 unspecified atom stereocenters. The summed E-state index contributed by atoms with van der Waals surface area (Å²) in [5.74, 6) is -0.688. The van der Waals surface area contributed by atoms with E-state index in [1.807, 2.05) is 6.92 Å². The molecule has 196 valence electrons. The lowest BCUT2D eigenvalue weighted by atomic mass is 10.0. The van der Waals surface area contributed by atoms with Crippen molar-refractivity contribution in [3.05, 3.63) is 81.8 Å². The minimum absolute atomic E-state index is 0.00464. The number of phenolic OH excluding ortho intramolecular Hbond substituents is 1. The third kappa shape index (κ3) is 5.44. The lowest BCUT2D eigenvalue weighted by molar-refractivity contribution is 0.102. The number of aromatic hydroxyl groups is 1. The van der Waals surface area contributed by atoms with Crippen LogP contribution in [0.4, 0.5) is 17.1 Å². The lowest BCUT2D eigenvalue weighted by Crippen LogP contribution is -2.13. The second-order valence-electron chi connectivity index (χ2n) is 8.04. The summed E-state index contributed by atoms with van der Waals surface area (Å²) in [4.78, 5) is 12.9. The van der Waals surface area contributed by atoms with E-state index in [1.54, 1.807) is 42.5 Å². The van der Waals surface area contributed by atoms with E-state index in [0.29, 0.717) is 28.8 Å². The Labute approximate surface area is 228 Å². The Kier molecular flexibility index (Phi) is 7.89. The van der Waals surface area contributed by atoms with Crippen molar-refractivity contribution in [2.24, 2.45) is 10.2 Å². The van der Waals surface area contributed by atoms with E-state index in [4.69, 9.17) is 27.9 Å². The zero-order valence-electron chi connectivity index (χ0n) is 20.1. The first-order valence-corrected chi connectivity index (χ1v) is 13.4. The van der Waals surface area contributed by atoms with Gasteiger partial charge in [0.15, 0.2) is 5.75 Å². The number of hydrogen-bond donors (Lipinski definition) is 3. The van der Waals surface area contributed by atoms with Gasteiger partial charge in [-0.15, -0.1) is 10.2 Å². The predicted octanol–water partition coefficient (Wildman–Crippen LogP) is 7.47. The molecule has 4 aromatic rings. The van der Waals surface area contributed by atoms with Crippen LogP contribution in [0, 0.1) is 6.92 Å². The van der Waals surface area contributed by atoms with Crippen molar-refractivity contribution < 1.29 is 27.6 Å². The minimum Gasteiger partial charge on any atom is -0.505 e. The van der Waals surface area contributed by atoms with Crippen molar-refractivity contribution in [3.63, 3.8) is 0 Å². The Morgan fingerprint density at radius 1 is 1.03 bits per heavy atom. The van der Waals surface area contributed by atoms with E-state index >= 15 is 0 Å². The van der Waals surface area contributed by atoms with E-state index in [-0.39, 0.29) is 37.4 Å².